The summed E-state index contributed by atoms with van der Waals surface area (Å²) >= 11 is 0. The average molecular weight is 275 g/mol. The van der Waals surface area contributed by atoms with Crippen LogP contribution in [-0.4, -0.2) is 20.3 Å². The molecule has 0 unspecified atom stereocenters. The molecule has 0 amide bonds. The lowest BCUT2D eigenvalue weighted by atomic mass is 9.94. The first-order valence-corrected chi connectivity index (χ1v) is 6.26. The zero-order chi connectivity index (χ0) is 14.5. The molecule has 2 nitrogen and oxygen atoms in total. The van der Waals surface area contributed by atoms with Gasteiger partial charge in [-0.1, -0.05) is 26.0 Å². The third-order valence-corrected chi connectivity index (χ3v) is 2.86. The van der Waals surface area contributed by atoms with Gasteiger partial charge in [0.15, 0.2) is 0 Å². The van der Waals surface area contributed by atoms with Crippen molar-refractivity contribution in [2.75, 3.05) is 20.3 Å². The van der Waals surface area contributed by atoms with Crippen LogP contribution in [0.2, 0.25) is 0 Å². The van der Waals surface area contributed by atoms with E-state index in [0.29, 0.717) is 25.3 Å². The Morgan fingerprint density at radius 3 is 2.47 bits per heavy atom. The molecule has 0 aliphatic carbocycles. The molecule has 0 radical (unpaired) electrons. The van der Waals surface area contributed by atoms with Gasteiger partial charge in [-0.05, 0) is 23.1 Å². The summed E-state index contributed by atoms with van der Waals surface area (Å²) in [5.41, 5.74) is 0.662. The summed E-state index contributed by atoms with van der Waals surface area (Å²) in [4.78, 5) is 0. The van der Waals surface area contributed by atoms with Gasteiger partial charge in [0.1, 0.15) is 0 Å². The van der Waals surface area contributed by atoms with Crippen molar-refractivity contribution in [1.82, 2.24) is 5.32 Å². The Morgan fingerprint density at radius 1 is 1.26 bits per heavy atom. The van der Waals surface area contributed by atoms with E-state index in [2.05, 4.69) is 5.32 Å². The second-order valence-electron chi connectivity index (χ2n) is 4.74. The molecule has 19 heavy (non-hydrogen) atoms. The Kier molecular flexibility index (Phi) is 5.82. The highest BCUT2D eigenvalue weighted by molar-refractivity contribution is 5.36. The van der Waals surface area contributed by atoms with E-state index >= 15 is 0 Å². The summed E-state index contributed by atoms with van der Waals surface area (Å²) < 4.78 is 43.5. The smallest absolute Gasteiger partial charge is 0.383 e. The summed E-state index contributed by atoms with van der Waals surface area (Å²) in [6.45, 7) is 5.34. The van der Waals surface area contributed by atoms with Crippen molar-refractivity contribution >= 4 is 0 Å². The van der Waals surface area contributed by atoms with Crippen molar-refractivity contribution in [1.29, 1.82) is 0 Å². The molecule has 0 aliphatic heterocycles. The molecule has 0 spiro atoms. The molecule has 0 aliphatic rings. The Balaban J connectivity index is 2.85. The van der Waals surface area contributed by atoms with Gasteiger partial charge in [0, 0.05) is 20.2 Å². The molecular weight excluding hydrogens is 255 g/mol. The van der Waals surface area contributed by atoms with E-state index in [1.54, 1.807) is 27.0 Å². The largest absolute Gasteiger partial charge is 0.416 e. The highest BCUT2D eigenvalue weighted by Gasteiger charge is 2.33. The molecule has 1 N–H and O–H groups in total. The van der Waals surface area contributed by atoms with Gasteiger partial charge in [-0.2, -0.15) is 13.2 Å². The van der Waals surface area contributed by atoms with Crippen LogP contribution in [0.5, 0.6) is 0 Å². The van der Waals surface area contributed by atoms with Crippen molar-refractivity contribution in [3.63, 3.8) is 0 Å². The number of rotatable bonds is 6. The lowest BCUT2D eigenvalue weighted by Crippen LogP contribution is -2.19. The van der Waals surface area contributed by atoms with E-state index in [-0.39, 0.29) is 5.92 Å². The van der Waals surface area contributed by atoms with E-state index in [4.69, 9.17) is 4.74 Å². The van der Waals surface area contributed by atoms with Crippen LogP contribution < -0.4 is 5.32 Å². The normalized spacial score (nSPS) is 12.2. The van der Waals surface area contributed by atoms with Crippen LogP contribution in [0.15, 0.2) is 18.2 Å². The third kappa shape index (κ3) is 4.84. The van der Waals surface area contributed by atoms with Gasteiger partial charge >= 0.3 is 6.18 Å². The Morgan fingerprint density at radius 2 is 1.95 bits per heavy atom. The number of benzene rings is 1. The first kappa shape index (κ1) is 16.0. The fourth-order valence-corrected chi connectivity index (χ4v) is 1.86. The Bertz CT molecular complexity index is 402. The second-order valence-corrected chi connectivity index (χ2v) is 4.74. The fraction of sp³-hybridized carbons (Fsp3) is 0.571. The first-order chi connectivity index (χ1) is 8.86. The number of hydrogen-bond donors (Lipinski definition) is 1. The van der Waals surface area contributed by atoms with Crippen LogP contribution in [0.4, 0.5) is 13.2 Å². The highest BCUT2D eigenvalue weighted by atomic mass is 19.4. The first-order valence-electron chi connectivity index (χ1n) is 6.26. The minimum atomic E-state index is -4.29. The van der Waals surface area contributed by atoms with Crippen LogP contribution in [0.25, 0.3) is 0 Å². The molecule has 0 heterocycles. The molecule has 0 bridgehead atoms. The fourth-order valence-electron chi connectivity index (χ4n) is 1.86. The zero-order valence-electron chi connectivity index (χ0n) is 11.5. The monoisotopic (exact) mass is 275 g/mol. The van der Waals surface area contributed by atoms with E-state index in [1.807, 2.05) is 0 Å². The van der Waals surface area contributed by atoms with Gasteiger partial charge in [-0.3, -0.25) is 0 Å². The molecule has 5 heteroatoms. The second kappa shape index (κ2) is 6.91. The van der Waals surface area contributed by atoms with E-state index in [1.165, 1.54) is 12.1 Å². The molecule has 1 aromatic rings. The average Bonchev–Trinajstić information content (AvgIpc) is 2.33. The predicted octanol–water partition coefficient (Wildman–Crippen LogP) is 3.56. The van der Waals surface area contributed by atoms with Gasteiger partial charge in [-0.15, -0.1) is 0 Å². The quantitative estimate of drug-likeness (QED) is 0.801. The van der Waals surface area contributed by atoms with E-state index < -0.39 is 11.7 Å². The third-order valence-electron chi connectivity index (χ3n) is 2.86. The zero-order valence-corrected chi connectivity index (χ0v) is 11.5. The summed E-state index contributed by atoms with van der Waals surface area (Å²) in [6, 6.07) is 4.32. The number of methoxy groups -OCH3 is 1. The maximum atomic E-state index is 12.9. The summed E-state index contributed by atoms with van der Waals surface area (Å²) in [7, 11) is 1.61. The molecule has 0 saturated carbocycles. The Hall–Kier alpha value is -1.07. The molecular formula is C14H20F3NO. The molecule has 0 saturated heterocycles. The SMILES string of the molecule is COCCNCc1ccc(C(F)(F)F)c(C(C)C)c1. The highest BCUT2D eigenvalue weighted by Crippen LogP contribution is 2.35. The van der Waals surface area contributed by atoms with Crippen molar-refractivity contribution in [2.45, 2.75) is 32.5 Å². The van der Waals surface area contributed by atoms with Gasteiger partial charge < -0.3 is 10.1 Å². The Labute approximate surface area is 112 Å². The lowest BCUT2D eigenvalue weighted by molar-refractivity contribution is -0.138. The predicted molar refractivity (Wildman–Crippen MR) is 69.1 cm³/mol. The molecule has 0 fully saturated rings. The van der Waals surface area contributed by atoms with Crippen LogP contribution >= 0.6 is 0 Å². The summed E-state index contributed by atoms with van der Waals surface area (Å²) in [5.74, 6) is -0.157. The summed E-state index contributed by atoms with van der Waals surface area (Å²) in [6.07, 6.45) is -4.29. The van der Waals surface area contributed by atoms with E-state index in [9.17, 15) is 13.2 Å². The minimum absolute atomic E-state index is 0.157. The van der Waals surface area contributed by atoms with Crippen LogP contribution in [0.1, 0.15) is 36.5 Å². The lowest BCUT2D eigenvalue weighted by Gasteiger charge is -2.17. The van der Waals surface area contributed by atoms with Crippen LogP contribution in [-0.2, 0) is 17.5 Å². The van der Waals surface area contributed by atoms with Gasteiger partial charge in [0.25, 0.3) is 0 Å². The topological polar surface area (TPSA) is 21.3 Å². The maximum absolute atomic E-state index is 12.9. The number of nitrogens with one attached hydrogen (secondary N) is 1. The maximum Gasteiger partial charge on any atom is 0.416 e. The van der Waals surface area contributed by atoms with Gasteiger partial charge in [0.05, 0.1) is 12.2 Å². The number of alkyl halides is 3. The van der Waals surface area contributed by atoms with Gasteiger partial charge in [-0.25, -0.2) is 0 Å². The van der Waals surface area contributed by atoms with Crippen molar-refractivity contribution < 1.29 is 17.9 Å². The van der Waals surface area contributed by atoms with Crippen LogP contribution in [0, 0.1) is 0 Å². The number of hydrogen-bond acceptors (Lipinski definition) is 2. The molecule has 108 valence electrons. The standard InChI is InChI=1S/C14H20F3NO/c1-10(2)12-8-11(9-18-6-7-19-3)4-5-13(12)14(15,16)17/h4-5,8,10,18H,6-7,9H2,1-3H3. The van der Waals surface area contributed by atoms with Crippen molar-refractivity contribution in [3.8, 4) is 0 Å². The molecule has 1 rings (SSSR count). The van der Waals surface area contributed by atoms with Gasteiger partial charge in [0.2, 0.25) is 0 Å². The number of ether oxygens (including phenoxy) is 1. The van der Waals surface area contributed by atoms with Crippen LogP contribution in [0.3, 0.4) is 0 Å². The molecule has 0 aromatic heterocycles. The van der Waals surface area contributed by atoms with Crippen molar-refractivity contribution in [2.24, 2.45) is 0 Å². The molecule has 1 aromatic carbocycles. The van der Waals surface area contributed by atoms with Crippen molar-refractivity contribution in [3.05, 3.63) is 34.9 Å². The molecule has 0 atom stereocenters. The number of halogens is 3. The summed E-state index contributed by atoms with van der Waals surface area (Å²) in [5, 5.41) is 3.12. The van der Waals surface area contributed by atoms with E-state index in [0.717, 1.165) is 5.56 Å². The minimum Gasteiger partial charge on any atom is -0.383 e.